The molecule has 1 aliphatic rings. The molecule has 1 fully saturated rings. The second-order valence-electron chi connectivity index (χ2n) is 18.8. The molecule has 0 bridgehead atoms. The number of benzene rings is 5. The van der Waals surface area contributed by atoms with Crippen LogP contribution in [-0.2, 0) is 64.0 Å². The first-order valence-corrected chi connectivity index (χ1v) is 27.9. The lowest BCUT2D eigenvalue weighted by Crippen LogP contribution is -2.62. The number of nitrogens with one attached hydrogen (secondary N) is 7. The van der Waals surface area contributed by atoms with Crippen molar-refractivity contribution >= 4 is 79.7 Å². The predicted octanol–water partition coefficient (Wildman–Crippen LogP) is 1.82. The molecule has 0 aromatic heterocycles. The minimum Gasteiger partial charge on any atom is -0.480 e. The Morgan fingerprint density at radius 2 is 0.922 bits per heavy atom. The maximum Gasteiger partial charge on any atom is 0.327 e. The van der Waals surface area contributed by atoms with Crippen molar-refractivity contribution < 1.29 is 48.6 Å². The Balaban J connectivity index is 1.40. The van der Waals surface area contributed by atoms with Gasteiger partial charge in [-0.3, -0.25) is 33.6 Å². The molecule has 1 saturated heterocycles. The van der Waals surface area contributed by atoms with Crippen LogP contribution < -0.4 is 48.7 Å². The number of carbonyl (C=O) groups is 8. The van der Waals surface area contributed by atoms with Crippen LogP contribution in [0.4, 0.5) is 0 Å². The van der Waals surface area contributed by atoms with Crippen molar-refractivity contribution in [3.63, 3.8) is 0 Å². The summed E-state index contributed by atoms with van der Waals surface area (Å²) in [6.07, 6.45) is -1.01. The molecule has 13 N–H and O–H groups in total. The van der Waals surface area contributed by atoms with Crippen LogP contribution in [0, 0.1) is 0 Å². The standard InChI is InChI=1S/C56H67N9O10S2/c1-34(66)48-55(73)63-45(30-37-19-9-4-10-20-37)54(72)64-47(56(74)75)33-77-76-32-41(58)49(67)60-43(28-35-15-5-2-6-16-35)52(70)61-44(29-36-17-7-3-8-18-36)53(71)62-46(31-38-24-25-39-21-11-12-22-40(39)27-38)51(69)59-42(50(68)65-48)23-13-14-26-57/h2-12,15-22,24-25,27,34,41-48,66H,13-14,23,26,28-33,57-58H2,1H3,(H,59,69)(H,60,67)(H,61,70)(H,62,71)(H,63,73)(H,64,72)(H,65,68)(H,74,75)/t34-,41+,42+,43+,44+,45?,46?,47+,48+/m1/s1. The molecule has 0 spiro atoms. The van der Waals surface area contributed by atoms with Gasteiger partial charge >= 0.3 is 5.97 Å². The zero-order valence-corrected chi connectivity index (χ0v) is 44.2. The third kappa shape index (κ3) is 18.5. The minimum atomic E-state index is -1.69. The number of hydrogen-bond donors (Lipinski definition) is 11. The fourth-order valence-electron chi connectivity index (χ4n) is 8.53. The third-order valence-corrected chi connectivity index (χ3v) is 15.2. The average molecular weight is 1090 g/mol. The SMILES string of the molecule is C[C@@H](O)[C@@H]1NC(=O)[C@H](CCCCN)NC(=O)C(Cc2ccc3ccccc3c2)NC(=O)[C@H](Cc2ccccc2)NC(=O)[C@H](Cc2ccccc2)NC(=O)[C@@H](N)CSSC[C@@H](C(=O)O)NC(=O)C(Cc2ccccc2)NC1=O. The maximum absolute atomic E-state index is 14.9. The summed E-state index contributed by atoms with van der Waals surface area (Å²) in [6.45, 7) is 1.51. The Morgan fingerprint density at radius 3 is 1.42 bits per heavy atom. The zero-order chi connectivity index (χ0) is 55.3. The quantitative estimate of drug-likeness (QED) is 0.0559. The van der Waals surface area contributed by atoms with Gasteiger partial charge in [0.05, 0.1) is 12.1 Å². The van der Waals surface area contributed by atoms with E-state index in [4.69, 9.17) is 11.5 Å². The van der Waals surface area contributed by atoms with E-state index >= 15 is 0 Å². The molecule has 0 saturated carbocycles. The highest BCUT2D eigenvalue weighted by atomic mass is 33.1. The Kier molecular flexibility index (Phi) is 22.9. The summed E-state index contributed by atoms with van der Waals surface area (Å²) >= 11 is 0. The van der Waals surface area contributed by atoms with E-state index in [0.717, 1.165) is 32.4 Å². The summed E-state index contributed by atoms with van der Waals surface area (Å²) in [5.41, 5.74) is 14.8. The van der Waals surface area contributed by atoms with Gasteiger partial charge in [-0.25, -0.2) is 4.79 Å². The Hall–Kier alpha value is -7.30. The van der Waals surface area contributed by atoms with Gasteiger partial charge in [-0.15, -0.1) is 0 Å². The molecule has 21 heteroatoms. The van der Waals surface area contributed by atoms with E-state index in [9.17, 15) is 48.6 Å². The normalized spacial score (nSPS) is 23.5. The van der Waals surface area contributed by atoms with Crippen LogP contribution in [0.3, 0.4) is 0 Å². The first kappa shape index (κ1) is 59.0. The van der Waals surface area contributed by atoms with E-state index in [2.05, 4.69) is 37.2 Å². The van der Waals surface area contributed by atoms with Gasteiger partial charge in [0.1, 0.15) is 42.3 Å². The second-order valence-corrected chi connectivity index (χ2v) is 21.4. The number of nitrogens with two attached hydrogens (primary N) is 2. The van der Waals surface area contributed by atoms with Gasteiger partial charge in [-0.05, 0) is 65.8 Å². The second kappa shape index (κ2) is 29.9. The van der Waals surface area contributed by atoms with E-state index < -0.39 is 102 Å². The van der Waals surface area contributed by atoms with Crippen molar-refractivity contribution in [1.82, 2.24) is 37.2 Å². The average Bonchev–Trinajstić information content (AvgIpc) is 3.42. The predicted molar refractivity (Wildman–Crippen MR) is 297 cm³/mol. The third-order valence-electron chi connectivity index (χ3n) is 12.8. The number of carboxylic acid groups (broad SMARTS) is 1. The molecule has 19 nitrogen and oxygen atoms in total. The van der Waals surface area contributed by atoms with Crippen LogP contribution in [-0.4, -0.2) is 130 Å². The molecule has 7 amide bonds. The molecule has 408 valence electrons. The van der Waals surface area contributed by atoms with Gasteiger partial charge in [-0.1, -0.05) is 155 Å². The van der Waals surface area contributed by atoms with Crippen molar-refractivity contribution in [2.24, 2.45) is 11.5 Å². The summed E-state index contributed by atoms with van der Waals surface area (Å²) in [7, 11) is 2.08. The lowest BCUT2D eigenvalue weighted by atomic mass is 9.99. The van der Waals surface area contributed by atoms with E-state index in [1.54, 1.807) is 91.0 Å². The number of hydrogen-bond acceptors (Lipinski definition) is 13. The first-order chi connectivity index (χ1) is 37.1. The number of carboxylic acids is 1. The summed E-state index contributed by atoms with van der Waals surface area (Å²) in [5, 5.41) is 41.9. The molecule has 0 aliphatic carbocycles. The van der Waals surface area contributed by atoms with Crippen LogP contribution in [0.1, 0.15) is 48.4 Å². The van der Waals surface area contributed by atoms with Gasteiger partial charge in [-0.2, -0.15) is 0 Å². The Morgan fingerprint density at radius 1 is 0.506 bits per heavy atom. The van der Waals surface area contributed by atoms with Gasteiger partial charge in [0, 0.05) is 37.2 Å². The highest BCUT2D eigenvalue weighted by Crippen LogP contribution is 2.23. The number of aliphatic carboxylic acids is 1. The molecule has 1 heterocycles. The van der Waals surface area contributed by atoms with Crippen molar-refractivity contribution in [2.45, 2.75) is 106 Å². The molecule has 1 aliphatic heterocycles. The molecule has 6 rings (SSSR count). The molecule has 0 radical (unpaired) electrons. The zero-order valence-electron chi connectivity index (χ0n) is 42.6. The molecular formula is C56H67N9O10S2. The monoisotopic (exact) mass is 1090 g/mol. The molecule has 5 aromatic carbocycles. The number of aliphatic hydroxyl groups excluding tert-OH is 1. The topological polar surface area (TPSA) is 313 Å². The lowest BCUT2D eigenvalue weighted by Gasteiger charge is -2.29. The largest absolute Gasteiger partial charge is 0.480 e. The fourth-order valence-corrected chi connectivity index (χ4v) is 10.8. The molecule has 5 aromatic rings. The van der Waals surface area contributed by atoms with E-state index in [0.29, 0.717) is 35.1 Å². The summed E-state index contributed by atoms with van der Waals surface area (Å²) < 4.78 is 0. The van der Waals surface area contributed by atoms with Crippen LogP contribution in [0.25, 0.3) is 10.8 Å². The van der Waals surface area contributed by atoms with Gasteiger partial charge in [0.15, 0.2) is 0 Å². The van der Waals surface area contributed by atoms with Crippen molar-refractivity contribution in [2.75, 3.05) is 18.1 Å². The Bertz CT molecular complexity index is 2800. The van der Waals surface area contributed by atoms with E-state index in [1.165, 1.54) is 6.92 Å². The van der Waals surface area contributed by atoms with Crippen molar-refractivity contribution in [3.05, 3.63) is 156 Å². The highest BCUT2D eigenvalue weighted by molar-refractivity contribution is 8.76. The van der Waals surface area contributed by atoms with Crippen LogP contribution in [0.5, 0.6) is 0 Å². The van der Waals surface area contributed by atoms with E-state index in [1.807, 2.05) is 42.5 Å². The van der Waals surface area contributed by atoms with Crippen LogP contribution in [0.15, 0.2) is 133 Å². The number of unbranched alkanes of at least 4 members (excludes halogenated alkanes) is 1. The Labute approximate surface area is 455 Å². The van der Waals surface area contributed by atoms with Crippen molar-refractivity contribution in [1.29, 1.82) is 0 Å². The highest BCUT2D eigenvalue weighted by Gasteiger charge is 2.36. The summed E-state index contributed by atoms with van der Waals surface area (Å²) in [5.74, 6) is -7.40. The number of aliphatic hydroxyl groups is 1. The number of amides is 7. The van der Waals surface area contributed by atoms with Gasteiger partial charge in [0.2, 0.25) is 41.4 Å². The van der Waals surface area contributed by atoms with Crippen molar-refractivity contribution in [3.8, 4) is 0 Å². The molecule has 77 heavy (non-hydrogen) atoms. The molecule has 2 unspecified atom stereocenters. The molecular weight excluding hydrogens is 1020 g/mol. The molecule has 9 atom stereocenters. The number of rotatable bonds is 14. The summed E-state index contributed by atoms with van der Waals surface area (Å²) in [6, 6.07) is 28.4. The first-order valence-electron chi connectivity index (χ1n) is 25.4. The van der Waals surface area contributed by atoms with E-state index in [-0.39, 0.29) is 50.2 Å². The smallest absolute Gasteiger partial charge is 0.327 e. The minimum absolute atomic E-state index is 0.00503. The lowest BCUT2D eigenvalue weighted by molar-refractivity contribution is -0.141. The maximum atomic E-state index is 14.9. The summed E-state index contributed by atoms with van der Waals surface area (Å²) in [4.78, 5) is 113. The fraction of sp³-hybridized carbons (Fsp3) is 0.357. The van der Waals surface area contributed by atoms with Crippen LogP contribution in [0.2, 0.25) is 0 Å². The number of fused-ring (bicyclic) bond motifs is 1. The van der Waals surface area contributed by atoms with Gasteiger partial charge in [0.25, 0.3) is 0 Å². The number of carbonyl (C=O) groups excluding carboxylic acids is 7. The van der Waals surface area contributed by atoms with Gasteiger partial charge < -0.3 is 58.9 Å². The van der Waals surface area contributed by atoms with Crippen LogP contribution >= 0.6 is 21.6 Å².